The highest BCUT2D eigenvalue weighted by Gasteiger charge is 2.48. The van der Waals surface area contributed by atoms with Crippen LogP contribution in [-0.4, -0.2) is 38.2 Å². The molecular formula is C28H25N5O4. The lowest BCUT2D eigenvalue weighted by Crippen LogP contribution is -2.49. The summed E-state index contributed by atoms with van der Waals surface area (Å²) in [6.45, 7) is 1.79. The minimum absolute atomic E-state index is 0.0652. The van der Waals surface area contributed by atoms with Crippen LogP contribution in [0.2, 0.25) is 0 Å². The average Bonchev–Trinajstić information content (AvgIpc) is 3.13. The number of carbonyl (C=O) groups excluding carboxylic acids is 3. The second-order valence-electron chi connectivity index (χ2n) is 9.17. The first-order valence-electron chi connectivity index (χ1n) is 11.9. The molecule has 1 aliphatic heterocycles. The Balaban J connectivity index is 1.41. The van der Waals surface area contributed by atoms with E-state index in [0.717, 1.165) is 11.1 Å². The number of rotatable bonds is 7. The molecule has 0 bridgehead atoms. The van der Waals surface area contributed by atoms with Crippen LogP contribution < -0.4 is 16.3 Å². The normalized spacial score (nSPS) is 17.2. The number of hydrazine groups is 1. The number of aryl methyl sites for hydroxylation is 1. The van der Waals surface area contributed by atoms with E-state index in [9.17, 15) is 19.2 Å². The van der Waals surface area contributed by atoms with Gasteiger partial charge < -0.3 is 5.32 Å². The number of amides is 4. The highest BCUT2D eigenvalue weighted by atomic mass is 16.2. The highest BCUT2D eigenvalue weighted by molar-refractivity contribution is 6.11. The third kappa shape index (κ3) is 4.71. The van der Waals surface area contributed by atoms with Crippen molar-refractivity contribution in [3.05, 3.63) is 112 Å². The molecule has 2 N–H and O–H groups in total. The predicted molar refractivity (Wildman–Crippen MR) is 138 cm³/mol. The SMILES string of the molecule is CC1(CCc2ccccc2)NC(=O)N(NC(=O)c2nn(Cc3ccccc3)c(=O)c3ccccc23)C1=O. The summed E-state index contributed by atoms with van der Waals surface area (Å²) in [4.78, 5) is 52.3. The number of aromatic nitrogens is 2. The number of benzene rings is 3. The number of carbonyl (C=O) groups is 3. The lowest BCUT2D eigenvalue weighted by atomic mass is 9.93. The molecule has 1 aliphatic rings. The average molecular weight is 496 g/mol. The van der Waals surface area contributed by atoms with E-state index in [1.54, 1.807) is 31.2 Å². The van der Waals surface area contributed by atoms with Gasteiger partial charge in [-0.25, -0.2) is 9.48 Å². The molecule has 9 heteroatoms. The van der Waals surface area contributed by atoms with Gasteiger partial charge in [0.25, 0.3) is 17.4 Å². The Morgan fingerprint density at radius 2 is 1.46 bits per heavy atom. The van der Waals surface area contributed by atoms with Crippen molar-refractivity contribution < 1.29 is 14.4 Å². The van der Waals surface area contributed by atoms with Gasteiger partial charge in [-0.15, -0.1) is 0 Å². The van der Waals surface area contributed by atoms with Crippen molar-refractivity contribution in [2.45, 2.75) is 31.8 Å². The molecule has 1 unspecified atom stereocenters. The van der Waals surface area contributed by atoms with Gasteiger partial charge in [-0.1, -0.05) is 78.9 Å². The largest absolute Gasteiger partial charge is 0.344 e. The van der Waals surface area contributed by atoms with Crippen LogP contribution in [0.5, 0.6) is 0 Å². The zero-order valence-corrected chi connectivity index (χ0v) is 20.2. The van der Waals surface area contributed by atoms with Gasteiger partial charge in [0, 0.05) is 5.39 Å². The molecule has 186 valence electrons. The standard InChI is InChI=1S/C28H25N5O4/c1-28(17-16-19-10-4-2-5-11-19)26(36)33(27(37)29-28)31-24(34)23-21-14-8-9-15-22(21)25(35)32(30-23)18-20-12-6-3-7-13-20/h2-15H,16-18H2,1H3,(H,29,37)(H,31,34). The van der Waals surface area contributed by atoms with Crippen LogP contribution in [0.1, 0.15) is 35.0 Å². The molecule has 5 rings (SSSR count). The van der Waals surface area contributed by atoms with Crippen molar-refractivity contribution in [3.63, 3.8) is 0 Å². The van der Waals surface area contributed by atoms with Crippen LogP contribution in [0.15, 0.2) is 89.7 Å². The summed E-state index contributed by atoms with van der Waals surface area (Å²) >= 11 is 0. The van der Waals surface area contributed by atoms with Crippen LogP contribution in [0.4, 0.5) is 4.79 Å². The minimum atomic E-state index is -1.18. The van der Waals surface area contributed by atoms with E-state index in [0.29, 0.717) is 28.6 Å². The zero-order chi connectivity index (χ0) is 26.0. The van der Waals surface area contributed by atoms with Gasteiger partial charge in [0.15, 0.2) is 5.69 Å². The molecule has 0 saturated carbocycles. The fourth-order valence-electron chi connectivity index (χ4n) is 4.42. The van der Waals surface area contributed by atoms with Gasteiger partial charge in [0.2, 0.25) is 0 Å². The first-order chi connectivity index (χ1) is 17.9. The first kappa shape index (κ1) is 23.9. The zero-order valence-electron chi connectivity index (χ0n) is 20.2. The second-order valence-corrected chi connectivity index (χ2v) is 9.17. The van der Waals surface area contributed by atoms with E-state index in [1.165, 1.54) is 4.68 Å². The van der Waals surface area contributed by atoms with Gasteiger partial charge in [-0.2, -0.15) is 10.1 Å². The van der Waals surface area contributed by atoms with E-state index in [2.05, 4.69) is 15.8 Å². The molecule has 9 nitrogen and oxygen atoms in total. The van der Waals surface area contributed by atoms with Gasteiger partial charge in [-0.3, -0.25) is 19.8 Å². The maximum absolute atomic E-state index is 13.3. The maximum Gasteiger partial charge on any atom is 0.344 e. The number of nitrogens with one attached hydrogen (secondary N) is 2. The van der Waals surface area contributed by atoms with E-state index >= 15 is 0 Å². The Morgan fingerprint density at radius 3 is 2.14 bits per heavy atom. The van der Waals surface area contributed by atoms with Crippen molar-refractivity contribution in [2.24, 2.45) is 0 Å². The summed E-state index contributed by atoms with van der Waals surface area (Å²) < 4.78 is 1.21. The number of fused-ring (bicyclic) bond motifs is 1. The highest BCUT2D eigenvalue weighted by Crippen LogP contribution is 2.23. The maximum atomic E-state index is 13.3. The van der Waals surface area contributed by atoms with Crippen LogP contribution >= 0.6 is 0 Å². The third-order valence-electron chi connectivity index (χ3n) is 6.49. The topological polar surface area (TPSA) is 113 Å². The molecule has 0 radical (unpaired) electrons. The summed E-state index contributed by atoms with van der Waals surface area (Å²) in [6, 6.07) is 24.8. The molecule has 4 amide bonds. The molecule has 3 aromatic carbocycles. The van der Waals surface area contributed by atoms with E-state index in [1.807, 2.05) is 60.7 Å². The third-order valence-corrected chi connectivity index (χ3v) is 6.49. The molecule has 4 aromatic rings. The van der Waals surface area contributed by atoms with Crippen LogP contribution in [0.25, 0.3) is 10.8 Å². The number of imide groups is 1. The Morgan fingerprint density at radius 1 is 0.865 bits per heavy atom. The Labute approximate surface area is 212 Å². The van der Waals surface area contributed by atoms with Gasteiger partial charge >= 0.3 is 6.03 Å². The molecular weight excluding hydrogens is 470 g/mol. The summed E-state index contributed by atoms with van der Waals surface area (Å²) in [7, 11) is 0. The van der Waals surface area contributed by atoms with Gasteiger partial charge in [0.05, 0.1) is 11.9 Å². The van der Waals surface area contributed by atoms with Crippen molar-refractivity contribution in [2.75, 3.05) is 0 Å². The van der Waals surface area contributed by atoms with Crippen LogP contribution in [0.3, 0.4) is 0 Å². The van der Waals surface area contributed by atoms with Crippen molar-refractivity contribution in [1.29, 1.82) is 0 Å². The quantitative estimate of drug-likeness (QED) is 0.383. The summed E-state index contributed by atoms with van der Waals surface area (Å²) in [6.07, 6.45) is 0.929. The molecule has 2 heterocycles. The summed E-state index contributed by atoms with van der Waals surface area (Å²) in [5.41, 5.74) is 2.68. The van der Waals surface area contributed by atoms with Crippen molar-refractivity contribution in [3.8, 4) is 0 Å². The van der Waals surface area contributed by atoms with Crippen molar-refractivity contribution in [1.82, 2.24) is 25.5 Å². The molecule has 1 saturated heterocycles. The Hall–Kier alpha value is -4.79. The minimum Gasteiger partial charge on any atom is -0.322 e. The number of hydrogen-bond acceptors (Lipinski definition) is 5. The number of nitrogens with zero attached hydrogens (tertiary/aromatic N) is 3. The Kier molecular flexibility index (Phi) is 6.27. The molecule has 1 fully saturated rings. The fraction of sp³-hybridized carbons (Fsp3) is 0.179. The van der Waals surface area contributed by atoms with Crippen LogP contribution in [0, 0.1) is 0 Å². The first-order valence-corrected chi connectivity index (χ1v) is 11.9. The van der Waals surface area contributed by atoms with Gasteiger partial charge in [-0.05, 0) is 37.0 Å². The summed E-state index contributed by atoms with van der Waals surface area (Å²) in [5, 5.41) is 8.34. The molecule has 0 spiro atoms. The predicted octanol–water partition coefficient (Wildman–Crippen LogP) is 3.03. The fourth-order valence-corrected chi connectivity index (χ4v) is 4.42. The Bertz CT molecular complexity index is 1550. The monoisotopic (exact) mass is 495 g/mol. The molecule has 1 aromatic heterocycles. The second kappa shape index (κ2) is 9.69. The molecule has 0 aliphatic carbocycles. The van der Waals surface area contributed by atoms with E-state index < -0.39 is 23.4 Å². The number of urea groups is 1. The molecule has 37 heavy (non-hydrogen) atoms. The molecule has 1 atom stereocenters. The van der Waals surface area contributed by atoms with E-state index in [4.69, 9.17) is 0 Å². The van der Waals surface area contributed by atoms with Crippen molar-refractivity contribution >= 4 is 28.6 Å². The van der Waals surface area contributed by atoms with Gasteiger partial charge in [0.1, 0.15) is 5.54 Å². The number of hydrogen-bond donors (Lipinski definition) is 2. The lowest BCUT2D eigenvalue weighted by Gasteiger charge is -2.21. The van der Waals surface area contributed by atoms with E-state index in [-0.39, 0.29) is 17.8 Å². The summed E-state index contributed by atoms with van der Waals surface area (Å²) in [5.74, 6) is -1.34. The lowest BCUT2D eigenvalue weighted by molar-refractivity contribution is -0.132. The van der Waals surface area contributed by atoms with Crippen LogP contribution in [-0.2, 0) is 17.8 Å². The smallest absolute Gasteiger partial charge is 0.322 e.